The normalized spacial score (nSPS) is 9.59. The summed E-state index contributed by atoms with van der Waals surface area (Å²) in [6, 6.07) is 7.26. The minimum Gasteiger partial charge on any atom is -0.363 e. The SMILES string of the molecule is CCNC(=S)Nc1cccc(C(=O)N(C)C)c1. The minimum atomic E-state index is -0.0250. The van der Waals surface area contributed by atoms with Crippen molar-refractivity contribution in [2.75, 3.05) is 26.0 Å². The molecule has 2 N–H and O–H groups in total. The molecule has 0 aliphatic rings. The molecule has 0 fully saturated rings. The van der Waals surface area contributed by atoms with E-state index in [1.807, 2.05) is 19.1 Å². The number of carbonyl (C=O) groups is 1. The van der Waals surface area contributed by atoms with Gasteiger partial charge in [0.15, 0.2) is 5.11 Å². The summed E-state index contributed by atoms with van der Waals surface area (Å²) < 4.78 is 0. The second kappa shape index (κ2) is 6.20. The smallest absolute Gasteiger partial charge is 0.253 e. The molecule has 5 heteroatoms. The molecule has 0 bridgehead atoms. The molecule has 0 aromatic heterocycles. The topological polar surface area (TPSA) is 44.4 Å². The van der Waals surface area contributed by atoms with E-state index in [-0.39, 0.29) is 5.91 Å². The molecule has 0 spiro atoms. The standard InChI is InChI=1S/C12H17N3OS/c1-4-13-12(17)14-10-7-5-6-9(8-10)11(16)15(2)3/h5-8H,4H2,1-3H3,(H2,13,14,17). The molecule has 0 heterocycles. The zero-order valence-corrected chi connectivity index (χ0v) is 11.1. The van der Waals surface area contributed by atoms with Crippen molar-refractivity contribution >= 4 is 28.9 Å². The molecular weight excluding hydrogens is 234 g/mol. The average Bonchev–Trinajstić information content (AvgIpc) is 2.28. The predicted octanol–water partition coefficient (Wildman–Crippen LogP) is 1.69. The Morgan fingerprint density at radius 3 is 2.71 bits per heavy atom. The van der Waals surface area contributed by atoms with Gasteiger partial charge in [-0.25, -0.2) is 0 Å². The van der Waals surface area contributed by atoms with Crippen LogP contribution in [-0.2, 0) is 0 Å². The quantitative estimate of drug-likeness (QED) is 0.803. The average molecular weight is 251 g/mol. The minimum absolute atomic E-state index is 0.0250. The van der Waals surface area contributed by atoms with Gasteiger partial charge in [-0.2, -0.15) is 0 Å². The summed E-state index contributed by atoms with van der Waals surface area (Å²) in [6.45, 7) is 2.74. The van der Waals surface area contributed by atoms with Crippen molar-refractivity contribution in [3.63, 3.8) is 0 Å². The van der Waals surface area contributed by atoms with Crippen LogP contribution < -0.4 is 10.6 Å². The molecule has 0 atom stereocenters. The molecule has 92 valence electrons. The van der Waals surface area contributed by atoms with E-state index in [0.29, 0.717) is 10.7 Å². The number of thiocarbonyl (C=S) groups is 1. The first-order valence-corrected chi connectivity index (χ1v) is 5.82. The van der Waals surface area contributed by atoms with Crippen molar-refractivity contribution in [2.45, 2.75) is 6.92 Å². The molecule has 4 nitrogen and oxygen atoms in total. The highest BCUT2D eigenvalue weighted by molar-refractivity contribution is 7.80. The summed E-state index contributed by atoms with van der Waals surface area (Å²) in [5.74, 6) is -0.0250. The van der Waals surface area contributed by atoms with Gasteiger partial charge in [-0.1, -0.05) is 6.07 Å². The summed E-state index contributed by atoms with van der Waals surface area (Å²) in [7, 11) is 3.46. The maximum atomic E-state index is 11.8. The van der Waals surface area contributed by atoms with E-state index in [1.54, 1.807) is 31.1 Å². The lowest BCUT2D eigenvalue weighted by atomic mass is 10.2. The van der Waals surface area contributed by atoms with Crippen molar-refractivity contribution in [2.24, 2.45) is 0 Å². The highest BCUT2D eigenvalue weighted by Crippen LogP contribution is 2.11. The summed E-state index contributed by atoms with van der Waals surface area (Å²) in [5.41, 5.74) is 1.45. The Kier molecular flexibility index (Phi) is 4.90. The third-order valence-electron chi connectivity index (χ3n) is 2.11. The van der Waals surface area contributed by atoms with Crippen LogP contribution in [-0.4, -0.2) is 36.6 Å². The van der Waals surface area contributed by atoms with Crippen LogP contribution >= 0.6 is 12.2 Å². The molecule has 1 aromatic carbocycles. The zero-order chi connectivity index (χ0) is 12.8. The van der Waals surface area contributed by atoms with Gasteiger partial charge in [-0.15, -0.1) is 0 Å². The van der Waals surface area contributed by atoms with Crippen molar-refractivity contribution in [3.05, 3.63) is 29.8 Å². The van der Waals surface area contributed by atoms with Crippen LogP contribution in [0.1, 0.15) is 17.3 Å². The van der Waals surface area contributed by atoms with Crippen molar-refractivity contribution in [3.8, 4) is 0 Å². The number of rotatable bonds is 3. The Hall–Kier alpha value is -1.62. The molecule has 0 saturated heterocycles. The second-order valence-electron chi connectivity index (χ2n) is 3.76. The summed E-state index contributed by atoms with van der Waals surface area (Å²) >= 11 is 5.08. The Morgan fingerprint density at radius 2 is 2.12 bits per heavy atom. The molecule has 0 aliphatic heterocycles. The summed E-state index contributed by atoms with van der Waals surface area (Å²) in [5, 5.41) is 6.57. The van der Waals surface area contributed by atoms with Gasteiger partial charge in [0, 0.05) is 31.9 Å². The first-order chi connectivity index (χ1) is 8.04. The molecule has 17 heavy (non-hydrogen) atoms. The van der Waals surface area contributed by atoms with E-state index in [2.05, 4.69) is 10.6 Å². The van der Waals surface area contributed by atoms with Gasteiger partial charge < -0.3 is 15.5 Å². The maximum absolute atomic E-state index is 11.8. The van der Waals surface area contributed by atoms with E-state index >= 15 is 0 Å². The Morgan fingerprint density at radius 1 is 1.41 bits per heavy atom. The number of amides is 1. The number of hydrogen-bond acceptors (Lipinski definition) is 2. The van der Waals surface area contributed by atoms with Crippen molar-refractivity contribution in [1.29, 1.82) is 0 Å². The first kappa shape index (κ1) is 13.4. The van der Waals surface area contributed by atoms with Crippen LogP contribution in [0.5, 0.6) is 0 Å². The van der Waals surface area contributed by atoms with Crippen LogP contribution in [0.3, 0.4) is 0 Å². The molecule has 1 rings (SSSR count). The van der Waals surface area contributed by atoms with Crippen LogP contribution in [0, 0.1) is 0 Å². The number of anilines is 1. The fourth-order valence-corrected chi connectivity index (χ4v) is 1.59. The molecule has 1 aromatic rings. The monoisotopic (exact) mass is 251 g/mol. The second-order valence-corrected chi connectivity index (χ2v) is 4.17. The van der Waals surface area contributed by atoms with E-state index in [0.717, 1.165) is 12.2 Å². The molecule has 1 amide bonds. The molecular formula is C12H17N3OS. The van der Waals surface area contributed by atoms with Crippen LogP contribution in [0.4, 0.5) is 5.69 Å². The van der Waals surface area contributed by atoms with E-state index < -0.39 is 0 Å². The van der Waals surface area contributed by atoms with Crippen molar-refractivity contribution in [1.82, 2.24) is 10.2 Å². The van der Waals surface area contributed by atoms with E-state index in [9.17, 15) is 4.79 Å². The summed E-state index contributed by atoms with van der Waals surface area (Å²) in [6.07, 6.45) is 0. The highest BCUT2D eigenvalue weighted by Gasteiger charge is 2.08. The van der Waals surface area contributed by atoms with Gasteiger partial charge in [-0.3, -0.25) is 4.79 Å². The largest absolute Gasteiger partial charge is 0.363 e. The molecule has 0 aliphatic carbocycles. The van der Waals surface area contributed by atoms with Crippen molar-refractivity contribution < 1.29 is 4.79 Å². The van der Waals surface area contributed by atoms with Gasteiger partial charge in [0.05, 0.1) is 0 Å². The fraction of sp³-hybridized carbons (Fsp3) is 0.333. The van der Waals surface area contributed by atoms with E-state index in [4.69, 9.17) is 12.2 Å². The molecule has 0 unspecified atom stereocenters. The Labute approximate surface area is 107 Å². The number of nitrogens with one attached hydrogen (secondary N) is 2. The number of carbonyl (C=O) groups excluding carboxylic acids is 1. The maximum Gasteiger partial charge on any atom is 0.253 e. The first-order valence-electron chi connectivity index (χ1n) is 5.41. The predicted molar refractivity (Wildman–Crippen MR) is 74.4 cm³/mol. The van der Waals surface area contributed by atoms with Crippen LogP contribution in [0.15, 0.2) is 24.3 Å². The van der Waals surface area contributed by atoms with Gasteiger partial charge >= 0.3 is 0 Å². The lowest BCUT2D eigenvalue weighted by Gasteiger charge is -2.12. The van der Waals surface area contributed by atoms with Crippen LogP contribution in [0.2, 0.25) is 0 Å². The lowest BCUT2D eigenvalue weighted by molar-refractivity contribution is 0.0827. The van der Waals surface area contributed by atoms with Gasteiger partial charge in [0.2, 0.25) is 0 Å². The number of nitrogens with zero attached hydrogens (tertiary/aromatic N) is 1. The number of hydrogen-bond donors (Lipinski definition) is 2. The molecule has 0 radical (unpaired) electrons. The third-order valence-corrected chi connectivity index (χ3v) is 2.36. The van der Waals surface area contributed by atoms with Gasteiger partial charge in [0.25, 0.3) is 5.91 Å². The van der Waals surface area contributed by atoms with Gasteiger partial charge in [0.1, 0.15) is 0 Å². The van der Waals surface area contributed by atoms with E-state index in [1.165, 1.54) is 0 Å². The molecule has 0 saturated carbocycles. The lowest BCUT2D eigenvalue weighted by Crippen LogP contribution is -2.28. The summed E-state index contributed by atoms with van der Waals surface area (Å²) in [4.78, 5) is 13.3. The number of benzene rings is 1. The Balaban J connectivity index is 2.79. The van der Waals surface area contributed by atoms with Crippen LogP contribution in [0.25, 0.3) is 0 Å². The Bertz CT molecular complexity index is 418. The third kappa shape index (κ3) is 4.03. The van der Waals surface area contributed by atoms with Gasteiger partial charge in [-0.05, 0) is 37.3 Å². The zero-order valence-electron chi connectivity index (χ0n) is 10.3. The fourth-order valence-electron chi connectivity index (χ4n) is 1.32. The highest BCUT2D eigenvalue weighted by atomic mass is 32.1.